The molecule has 1 atom stereocenters. The predicted molar refractivity (Wildman–Crippen MR) is 63.7 cm³/mol. The summed E-state index contributed by atoms with van der Waals surface area (Å²) < 4.78 is 25.0. The second-order valence-corrected chi connectivity index (χ2v) is 6.18. The Hall–Kier alpha value is -1.56. The van der Waals surface area contributed by atoms with Gasteiger partial charge in [-0.15, -0.1) is 0 Å². The molecule has 1 aliphatic heterocycles. The summed E-state index contributed by atoms with van der Waals surface area (Å²) in [4.78, 5) is 11.0. The molecular formula is C11H13NO4S. The van der Waals surface area contributed by atoms with Crippen molar-refractivity contribution < 1.29 is 18.3 Å². The van der Waals surface area contributed by atoms with Crippen LogP contribution in [0.15, 0.2) is 24.3 Å². The first-order valence-electron chi connectivity index (χ1n) is 5.24. The van der Waals surface area contributed by atoms with Crippen LogP contribution in [0.2, 0.25) is 0 Å². The van der Waals surface area contributed by atoms with Crippen LogP contribution in [0.4, 0.5) is 5.69 Å². The van der Waals surface area contributed by atoms with Crippen LogP contribution >= 0.6 is 0 Å². The molecule has 92 valence electrons. The topological polar surface area (TPSA) is 74.7 Å². The number of aromatic carboxylic acids is 1. The minimum absolute atomic E-state index is 0.0156. The number of carboxylic acid groups (broad SMARTS) is 1. The first-order chi connectivity index (χ1) is 7.92. The Bertz CT molecular complexity index is 552. The third kappa shape index (κ3) is 2.12. The Morgan fingerprint density at radius 3 is 2.59 bits per heavy atom. The summed E-state index contributed by atoms with van der Waals surface area (Å²) in [6.45, 7) is 2.17. The molecule has 0 aliphatic carbocycles. The van der Waals surface area contributed by atoms with E-state index in [9.17, 15) is 13.2 Å². The van der Waals surface area contributed by atoms with Crippen LogP contribution in [0.5, 0.6) is 0 Å². The summed E-state index contributed by atoms with van der Waals surface area (Å²) in [7, 11) is -3.38. The molecule has 5 nitrogen and oxygen atoms in total. The molecule has 0 radical (unpaired) electrons. The summed E-state index contributed by atoms with van der Waals surface area (Å²) in [6, 6.07) is 6.16. The fourth-order valence-electron chi connectivity index (χ4n) is 2.02. The van der Waals surface area contributed by atoms with Crippen molar-refractivity contribution in [2.24, 2.45) is 5.92 Å². The Morgan fingerprint density at radius 1 is 1.41 bits per heavy atom. The number of anilines is 1. The highest BCUT2D eigenvalue weighted by Gasteiger charge is 2.35. The summed E-state index contributed by atoms with van der Waals surface area (Å²) in [5.74, 6) is -1.03. The zero-order chi connectivity index (χ0) is 12.6. The summed E-state index contributed by atoms with van der Waals surface area (Å²) in [5.41, 5.74) is 0.273. The van der Waals surface area contributed by atoms with Gasteiger partial charge in [-0.3, -0.25) is 4.31 Å². The molecule has 1 unspecified atom stereocenters. The van der Waals surface area contributed by atoms with E-state index in [-0.39, 0.29) is 22.9 Å². The summed E-state index contributed by atoms with van der Waals surface area (Å²) >= 11 is 0. The van der Waals surface area contributed by atoms with Crippen LogP contribution in [-0.4, -0.2) is 31.8 Å². The van der Waals surface area contributed by atoms with E-state index in [2.05, 4.69) is 0 Å². The van der Waals surface area contributed by atoms with E-state index in [1.54, 1.807) is 12.1 Å². The van der Waals surface area contributed by atoms with Gasteiger partial charge in [0.1, 0.15) is 0 Å². The molecule has 1 heterocycles. The van der Waals surface area contributed by atoms with Gasteiger partial charge in [0.15, 0.2) is 0 Å². The van der Waals surface area contributed by atoms with Crippen LogP contribution in [0.1, 0.15) is 17.3 Å². The molecule has 1 saturated heterocycles. The van der Waals surface area contributed by atoms with Gasteiger partial charge in [0.25, 0.3) is 0 Å². The summed E-state index contributed by atoms with van der Waals surface area (Å²) in [6.07, 6.45) is 0. The van der Waals surface area contributed by atoms with Gasteiger partial charge in [-0.25, -0.2) is 13.2 Å². The van der Waals surface area contributed by atoms with E-state index in [0.717, 1.165) is 0 Å². The lowest BCUT2D eigenvalue weighted by molar-refractivity contribution is 0.0697. The molecule has 17 heavy (non-hydrogen) atoms. The lowest BCUT2D eigenvalue weighted by Gasteiger charge is -2.18. The monoisotopic (exact) mass is 255 g/mol. The molecule has 1 N–H and O–H groups in total. The largest absolute Gasteiger partial charge is 0.478 e. The van der Waals surface area contributed by atoms with E-state index in [0.29, 0.717) is 6.54 Å². The Kier molecular flexibility index (Phi) is 2.82. The third-order valence-electron chi connectivity index (χ3n) is 2.71. The molecule has 2 rings (SSSR count). The van der Waals surface area contributed by atoms with E-state index in [1.807, 2.05) is 6.92 Å². The van der Waals surface area contributed by atoms with Gasteiger partial charge in [-0.1, -0.05) is 19.1 Å². The number of carboxylic acids is 1. The minimum Gasteiger partial charge on any atom is -0.478 e. The average Bonchev–Trinajstić information content (AvgIpc) is 2.51. The van der Waals surface area contributed by atoms with Crippen LogP contribution in [-0.2, 0) is 10.0 Å². The zero-order valence-corrected chi connectivity index (χ0v) is 10.1. The zero-order valence-electron chi connectivity index (χ0n) is 9.33. The molecule has 1 fully saturated rings. The maximum atomic E-state index is 11.9. The molecular weight excluding hydrogens is 242 g/mol. The third-order valence-corrected chi connectivity index (χ3v) is 4.72. The first kappa shape index (κ1) is 11.9. The van der Waals surface area contributed by atoms with Crippen LogP contribution in [0, 0.1) is 5.92 Å². The van der Waals surface area contributed by atoms with Crippen molar-refractivity contribution in [3.63, 3.8) is 0 Å². The Balaban J connectivity index is 2.52. The number of benzene rings is 1. The van der Waals surface area contributed by atoms with E-state index in [1.165, 1.54) is 16.4 Å². The van der Waals surface area contributed by atoms with Crippen molar-refractivity contribution >= 4 is 21.7 Å². The molecule has 0 aromatic heterocycles. The normalized spacial score (nSPS) is 22.6. The smallest absolute Gasteiger partial charge is 0.337 e. The van der Waals surface area contributed by atoms with Crippen LogP contribution in [0.25, 0.3) is 0 Å². The van der Waals surface area contributed by atoms with Gasteiger partial charge in [0, 0.05) is 6.54 Å². The van der Waals surface area contributed by atoms with Gasteiger partial charge in [-0.2, -0.15) is 0 Å². The fraction of sp³-hybridized carbons (Fsp3) is 0.364. The molecule has 1 aromatic carbocycles. The fourth-order valence-corrected chi connectivity index (χ4v) is 3.96. The number of rotatable bonds is 2. The maximum absolute atomic E-state index is 11.9. The van der Waals surface area contributed by atoms with Crippen molar-refractivity contribution in [2.45, 2.75) is 6.92 Å². The van der Waals surface area contributed by atoms with Crippen molar-refractivity contribution in [3.05, 3.63) is 29.8 Å². The second kappa shape index (κ2) is 4.03. The van der Waals surface area contributed by atoms with Gasteiger partial charge in [0.05, 0.1) is 17.0 Å². The second-order valence-electron chi connectivity index (χ2n) is 4.24. The van der Waals surface area contributed by atoms with Crippen LogP contribution < -0.4 is 4.31 Å². The lowest BCUT2D eigenvalue weighted by Crippen LogP contribution is -2.27. The van der Waals surface area contributed by atoms with Crippen molar-refractivity contribution in [1.29, 1.82) is 0 Å². The molecule has 1 aromatic rings. The minimum atomic E-state index is -3.38. The number of hydrogen-bond donors (Lipinski definition) is 1. The van der Waals surface area contributed by atoms with Crippen molar-refractivity contribution in [2.75, 3.05) is 16.6 Å². The number of para-hydroxylation sites is 1. The number of sulfonamides is 1. The van der Waals surface area contributed by atoms with Gasteiger partial charge in [-0.05, 0) is 18.1 Å². The Labute approximate surface area is 99.7 Å². The SMILES string of the molecule is CC1CN(c2ccccc2C(=O)O)S(=O)(=O)C1. The van der Waals surface area contributed by atoms with Crippen molar-refractivity contribution in [3.8, 4) is 0 Å². The van der Waals surface area contributed by atoms with Crippen molar-refractivity contribution in [1.82, 2.24) is 0 Å². The molecule has 0 saturated carbocycles. The molecule has 6 heteroatoms. The highest BCUT2D eigenvalue weighted by molar-refractivity contribution is 7.93. The quantitative estimate of drug-likeness (QED) is 0.860. The van der Waals surface area contributed by atoms with E-state index < -0.39 is 16.0 Å². The first-order valence-corrected chi connectivity index (χ1v) is 6.85. The molecule has 1 aliphatic rings. The van der Waals surface area contributed by atoms with Crippen LogP contribution in [0.3, 0.4) is 0 Å². The van der Waals surface area contributed by atoms with E-state index >= 15 is 0 Å². The number of nitrogens with zero attached hydrogens (tertiary/aromatic N) is 1. The Morgan fingerprint density at radius 2 is 2.06 bits per heavy atom. The van der Waals surface area contributed by atoms with E-state index in [4.69, 9.17) is 5.11 Å². The molecule has 0 bridgehead atoms. The van der Waals surface area contributed by atoms with Gasteiger partial charge < -0.3 is 5.11 Å². The number of hydrogen-bond acceptors (Lipinski definition) is 3. The summed E-state index contributed by atoms with van der Waals surface area (Å²) in [5, 5.41) is 9.04. The van der Waals surface area contributed by atoms with Gasteiger partial charge in [0.2, 0.25) is 10.0 Å². The standard InChI is InChI=1S/C11H13NO4S/c1-8-6-12(17(15,16)7-8)10-5-3-2-4-9(10)11(13)14/h2-5,8H,6-7H2,1H3,(H,13,14). The molecule has 0 amide bonds. The molecule has 0 spiro atoms. The average molecular weight is 255 g/mol. The highest BCUT2D eigenvalue weighted by atomic mass is 32.2. The highest BCUT2D eigenvalue weighted by Crippen LogP contribution is 2.29. The predicted octanol–water partition coefficient (Wildman–Crippen LogP) is 1.17. The maximum Gasteiger partial charge on any atom is 0.337 e. The van der Waals surface area contributed by atoms with Gasteiger partial charge >= 0.3 is 5.97 Å². The number of carbonyl (C=O) groups is 1. The lowest BCUT2D eigenvalue weighted by atomic mass is 10.1.